The van der Waals surface area contributed by atoms with Gasteiger partial charge in [-0.05, 0) is 73.9 Å². The molecule has 248 valence electrons. The lowest BCUT2D eigenvalue weighted by Gasteiger charge is -2.34. The van der Waals surface area contributed by atoms with Crippen molar-refractivity contribution in [3.05, 3.63) is 125 Å². The highest BCUT2D eigenvalue weighted by molar-refractivity contribution is 7.92. The van der Waals surface area contributed by atoms with Gasteiger partial charge < -0.3 is 15.0 Å². The number of nitrogens with one attached hydrogen (secondary N) is 1. The molecule has 0 saturated heterocycles. The normalized spacial score (nSPS) is 11.8. The summed E-state index contributed by atoms with van der Waals surface area (Å²) in [4.78, 5) is 29.9. The maximum Gasteiger partial charge on any atom is 0.264 e. The smallest absolute Gasteiger partial charge is 0.264 e. The number of hydrogen-bond donors (Lipinski definition) is 1. The number of rotatable bonds is 16. The van der Waals surface area contributed by atoms with Crippen molar-refractivity contribution in [2.75, 3.05) is 24.0 Å². The topological polar surface area (TPSA) is 96.0 Å². The molecule has 0 aromatic heterocycles. The van der Waals surface area contributed by atoms with E-state index in [0.717, 1.165) is 28.3 Å². The fourth-order valence-electron chi connectivity index (χ4n) is 5.11. The van der Waals surface area contributed by atoms with Crippen LogP contribution in [0.1, 0.15) is 43.4 Å². The SMILES string of the molecule is CCCCNC(=O)C(Cc1ccccc1)N(Cc1ccccc1Cl)C(=O)CN(c1ccc(OCC)cc1)S(=O)(=O)c1ccc(C)cc1. The van der Waals surface area contributed by atoms with Crippen molar-refractivity contribution in [2.45, 2.75) is 57.5 Å². The Morgan fingerprint density at radius 2 is 1.53 bits per heavy atom. The van der Waals surface area contributed by atoms with E-state index >= 15 is 0 Å². The van der Waals surface area contributed by atoms with E-state index in [1.165, 1.54) is 17.0 Å². The third kappa shape index (κ3) is 9.59. The number of halogens is 1. The van der Waals surface area contributed by atoms with Crippen molar-refractivity contribution in [3.63, 3.8) is 0 Å². The molecule has 0 radical (unpaired) electrons. The van der Waals surface area contributed by atoms with Gasteiger partial charge in [0.05, 0.1) is 17.2 Å². The molecule has 0 aliphatic rings. The number of carbonyl (C=O) groups is 2. The molecule has 0 fully saturated rings. The van der Waals surface area contributed by atoms with E-state index in [9.17, 15) is 18.0 Å². The Morgan fingerprint density at radius 1 is 0.872 bits per heavy atom. The van der Waals surface area contributed by atoms with Crippen molar-refractivity contribution in [1.82, 2.24) is 10.2 Å². The number of ether oxygens (including phenoxy) is 1. The van der Waals surface area contributed by atoms with Gasteiger partial charge in [-0.3, -0.25) is 13.9 Å². The van der Waals surface area contributed by atoms with E-state index in [4.69, 9.17) is 16.3 Å². The largest absolute Gasteiger partial charge is 0.494 e. The molecule has 10 heteroatoms. The average molecular weight is 676 g/mol. The second kappa shape index (κ2) is 17.0. The first kappa shape index (κ1) is 35.5. The van der Waals surface area contributed by atoms with E-state index in [1.807, 2.05) is 57.2 Å². The molecule has 2 amide bonds. The van der Waals surface area contributed by atoms with Crippen molar-refractivity contribution < 1.29 is 22.7 Å². The Hall–Kier alpha value is -4.34. The van der Waals surface area contributed by atoms with Crippen LogP contribution in [0.25, 0.3) is 0 Å². The van der Waals surface area contributed by atoms with E-state index in [2.05, 4.69) is 5.32 Å². The molecular weight excluding hydrogens is 634 g/mol. The van der Waals surface area contributed by atoms with Gasteiger partial charge in [-0.15, -0.1) is 0 Å². The summed E-state index contributed by atoms with van der Waals surface area (Å²) in [6.07, 6.45) is 1.89. The van der Waals surface area contributed by atoms with Gasteiger partial charge in [0.25, 0.3) is 10.0 Å². The van der Waals surface area contributed by atoms with Crippen LogP contribution >= 0.6 is 11.6 Å². The average Bonchev–Trinajstić information content (AvgIpc) is 3.07. The molecule has 4 rings (SSSR count). The lowest BCUT2D eigenvalue weighted by atomic mass is 10.0. The summed E-state index contributed by atoms with van der Waals surface area (Å²) in [5.41, 5.74) is 2.68. The Balaban J connectivity index is 1.80. The fraction of sp³-hybridized carbons (Fsp3) is 0.297. The van der Waals surface area contributed by atoms with Crippen LogP contribution in [-0.2, 0) is 32.6 Å². The summed E-state index contributed by atoms with van der Waals surface area (Å²) < 4.78 is 35.1. The first-order valence-corrected chi connectivity index (χ1v) is 17.6. The maximum absolute atomic E-state index is 14.6. The second-order valence-corrected chi connectivity index (χ2v) is 13.5. The van der Waals surface area contributed by atoms with E-state index in [0.29, 0.717) is 29.5 Å². The fourth-order valence-corrected chi connectivity index (χ4v) is 6.72. The number of hydrogen-bond acceptors (Lipinski definition) is 5. The van der Waals surface area contributed by atoms with Crippen LogP contribution < -0.4 is 14.4 Å². The number of carbonyl (C=O) groups excluding carboxylic acids is 2. The molecule has 0 heterocycles. The first-order chi connectivity index (χ1) is 22.6. The Bertz CT molecular complexity index is 1720. The van der Waals surface area contributed by atoms with Gasteiger partial charge in [0.2, 0.25) is 11.8 Å². The summed E-state index contributed by atoms with van der Waals surface area (Å²) in [5.74, 6) is -0.305. The van der Waals surface area contributed by atoms with Crippen LogP contribution in [0.4, 0.5) is 5.69 Å². The van der Waals surface area contributed by atoms with E-state index < -0.39 is 28.5 Å². The quantitative estimate of drug-likeness (QED) is 0.132. The van der Waals surface area contributed by atoms with E-state index in [1.54, 1.807) is 54.6 Å². The molecule has 0 spiro atoms. The molecule has 8 nitrogen and oxygen atoms in total. The molecule has 4 aromatic rings. The van der Waals surface area contributed by atoms with Gasteiger partial charge in [-0.25, -0.2) is 8.42 Å². The second-order valence-electron chi connectivity index (χ2n) is 11.2. The molecule has 1 N–H and O–H groups in total. The lowest BCUT2D eigenvalue weighted by molar-refractivity contribution is -0.140. The number of anilines is 1. The van der Waals surface area contributed by atoms with Crippen LogP contribution in [0.3, 0.4) is 0 Å². The third-order valence-corrected chi connectivity index (χ3v) is 9.88. The third-order valence-electron chi connectivity index (χ3n) is 7.72. The first-order valence-electron chi connectivity index (χ1n) is 15.8. The predicted octanol–water partition coefficient (Wildman–Crippen LogP) is 6.80. The zero-order valence-corrected chi connectivity index (χ0v) is 28.6. The minimum absolute atomic E-state index is 0.00109. The van der Waals surface area contributed by atoms with Crippen molar-refractivity contribution in [2.24, 2.45) is 0 Å². The Morgan fingerprint density at radius 3 is 2.17 bits per heavy atom. The van der Waals surface area contributed by atoms with Gasteiger partial charge in [0, 0.05) is 24.5 Å². The van der Waals surface area contributed by atoms with Crippen LogP contribution in [0.5, 0.6) is 5.75 Å². The van der Waals surface area contributed by atoms with Crippen molar-refractivity contribution in [1.29, 1.82) is 0 Å². The number of unbranched alkanes of at least 4 members (excludes halogenated alkanes) is 1. The van der Waals surface area contributed by atoms with Crippen molar-refractivity contribution in [3.8, 4) is 5.75 Å². The summed E-state index contributed by atoms with van der Waals surface area (Å²) in [6, 6.07) is 28.7. The molecule has 47 heavy (non-hydrogen) atoms. The van der Waals surface area contributed by atoms with Gasteiger partial charge in [-0.1, -0.05) is 91.2 Å². The molecule has 4 aromatic carbocycles. The summed E-state index contributed by atoms with van der Waals surface area (Å²) >= 11 is 6.57. The summed E-state index contributed by atoms with van der Waals surface area (Å²) in [5, 5.41) is 3.43. The van der Waals surface area contributed by atoms with Gasteiger partial charge in [-0.2, -0.15) is 0 Å². The number of nitrogens with zero attached hydrogens (tertiary/aromatic N) is 2. The monoisotopic (exact) mass is 675 g/mol. The van der Waals surface area contributed by atoms with Crippen LogP contribution in [0.2, 0.25) is 5.02 Å². The molecular formula is C37H42ClN3O5S. The lowest BCUT2D eigenvalue weighted by Crippen LogP contribution is -2.53. The molecule has 0 aliphatic heterocycles. The standard InChI is InChI=1S/C37H42ClN3O5S/c1-4-6-24-39-37(43)35(25-29-12-8-7-9-13-29)40(26-30-14-10-11-15-34(30)38)36(42)27-41(31-18-20-32(21-19-31)46-5-2)47(44,45)33-22-16-28(3)17-23-33/h7-23,35H,4-6,24-27H2,1-3H3,(H,39,43). The highest BCUT2D eigenvalue weighted by Gasteiger charge is 2.35. The molecule has 1 unspecified atom stereocenters. The van der Waals surface area contributed by atoms with E-state index in [-0.39, 0.29) is 29.5 Å². The number of benzene rings is 4. The molecule has 0 bridgehead atoms. The summed E-state index contributed by atoms with van der Waals surface area (Å²) in [6.45, 7) is 6.11. The molecule has 1 atom stereocenters. The van der Waals surface area contributed by atoms with Gasteiger partial charge in [0.1, 0.15) is 18.3 Å². The van der Waals surface area contributed by atoms with Crippen molar-refractivity contribution >= 4 is 39.1 Å². The maximum atomic E-state index is 14.6. The van der Waals surface area contributed by atoms with Crippen LogP contribution in [0.15, 0.2) is 108 Å². The van der Waals surface area contributed by atoms with Gasteiger partial charge in [0.15, 0.2) is 0 Å². The van der Waals surface area contributed by atoms with Crippen LogP contribution in [-0.4, -0.2) is 50.9 Å². The minimum Gasteiger partial charge on any atom is -0.494 e. The van der Waals surface area contributed by atoms with Crippen LogP contribution in [0, 0.1) is 6.92 Å². The highest BCUT2D eigenvalue weighted by Crippen LogP contribution is 2.28. The molecule has 0 aliphatic carbocycles. The Kier molecular flexibility index (Phi) is 12.8. The zero-order chi connectivity index (χ0) is 33.8. The predicted molar refractivity (Wildman–Crippen MR) is 187 cm³/mol. The zero-order valence-electron chi connectivity index (χ0n) is 27.1. The number of sulfonamides is 1. The summed E-state index contributed by atoms with van der Waals surface area (Å²) in [7, 11) is -4.21. The number of aryl methyl sites for hydroxylation is 1. The Labute approximate surface area is 283 Å². The number of amides is 2. The molecule has 0 saturated carbocycles. The minimum atomic E-state index is -4.21. The van der Waals surface area contributed by atoms with Gasteiger partial charge >= 0.3 is 0 Å². The highest BCUT2D eigenvalue weighted by atomic mass is 35.5.